The summed E-state index contributed by atoms with van der Waals surface area (Å²) in [6.45, 7) is 3.22. The fourth-order valence-corrected chi connectivity index (χ4v) is 6.42. The number of fused-ring (bicyclic) bond motifs is 1. The van der Waals surface area contributed by atoms with Gasteiger partial charge in [0, 0.05) is 56.7 Å². The molecule has 4 aliphatic rings. The fraction of sp³-hybridized carbons (Fsp3) is 0.800. The number of nitrogens with zero attached hydrogens (tertiary/aromatic N) is 3. The Balaban J connectivity index is 1.24. The molecule has 3 fully saturated rings. The molecule has 32 heavy (non-hydrogen) atoms. The predicted octanol–water partition coefficient (Wildman–Crippen LogP) is 2.98. The maximum atomic E-state index is 13.1. The number of hydrogen-bond acceptors (Lipinski definition) is 5. The lowest BCUT2D eigenvalue weighted by Crippen LogP contribution is -2.42. The summed E-state index contributed by atoms with van der Waals surface area (Å²) in [5, 5.41) is 0. The van der Waals surface area contributed by atoms with Crippen molar-refractivity contribution in [3.63, 3.8) is 0 Å². The van der Waals surface area contributed by atoms with E-state index >= 15 is 0 Å². The topological polar surface area (TPSA) is 78.5 Å². The number of aromatic nitrogens is 2. The molecule has 0 radical (unpaired) electrons. The van der Waals surface area contributed by atoms with Crippen LogP contribution in [0.15, 0.2) is 4.79 Å². The monoisotopic (exact) mass is 442 g/mol. The summed E-state index contributed by atoms with van der Waals surface area (Å²) in [5.74, 6) is 1.33. The Hall–Kier alpha value is -1.73. The van der Waals surface area contributed by atoms with Crippen LogP contribution in [0.4, 0.5) is 0 Å². The third-order valence-electron chi connectivity index (χ3n) is 8.46. The minimum Gasteiger partial charge on any atom is -0.381 e. The van der Waals surface area contributed by atoms with Gasteiger partial charge in [-0.2, -0.15) is 0 Å². The van der Waals surface area contributed by atoms with E-state index in [1.807, 2.05) is 4.90 Å². The first-order chi connectivity index (χ1) is 15.6. The molecule has 1 aromatic rings. The Morgan fingerprint density at radius 3 is 2.56 bits per heavy atom. The van der Waals surface area contributed by atoms with Crippen LogP contribution in [0.3, 0.4) is 0 Å². The lowest BCUT2D eigenvalue weighted by molar-refractivity contribution is -0.136. The van der Waals surface area contributed by atoms with Crippen LogP contribution in [0.2, 0.25) is 0 Å². The molecule has 1 saturated heterocycles. The summed E-state index contributed by atoms with van der Waals surface area (Å²) in [4.78, 5) is 38.5. The van der Waals surface area contributed by atoms with Crippen molar-refractivity contribution >= 4 is 5.91 Å². The number of carbonyl (C=O) groups excluding carboxylic acids is 1. The minimum absolute atomic E-state index is 0.0379. The van der Waals surface area contributed by atoms with Gasteiger partial charge in [-0.15, -0.1) is 0 Å². The number of nitrogens with one attached hydrogen (secondary N) is 1. The average molecular weight is 443 g/mol. The van der Waals surface area contributed by atoms with Crippen LogP contribution in [-0.2, 0) is 22.5 Å². The second kappa shape index (κ2) is 9.64. The molecular weight excluding hydrogens is 404 g/mol. The molecule has 1 atom stereocenters. The van der Waals surface area contributed by atoms with E-state index in [4.69, 9.17) is 9.72 Å². The second-order valence-electron chi connectivity index (χ2n) is 10.4. The molecule has 1 aromatic heterocycles. The highest BCUT2D eigenvalue weighted by Gasteiger charge is 2.35. The van der Waals surface area contributed by atoms with Crippen molar-refractivity contribution in [2.24, 2.45) is 5.92 Å². The lowest BCUT2D eigenvalue weighted by atomic mass is 9.86. The molecule has 2 saturated carbocycles. The van der Waals surface area contributed by atoms with Gasteiger partial charge in [-0.25, -0.2) is 4.98 Å². The van der Waals surface area contributed by atoms with Crippen LogP contribution in [0.25, 0.3) is 0 Å². The van der Waals surface area contributed by atoms with E-state index in [1.165, 1.54) is 32.1 Å². The zero-order valence-corrected chi connectivity index (χ0v) is 19.5. The number of ether oxygens (including phenoxy) is 1. The molecular formula is C25H38N4O3. The zero-order chi connectivity index (χ0) is 22.1. The van der Waals surface area contributed by atoms with Gasteiger partial charge in [0.25, 0.3) is 5.56 Å². The summed E-state index contributed by atoms with van der Waals surface area (Å²) < 4.78 is 5.45. The molecule has 7 nitrogen and oxygen atoms in total. The van der Waals surface area contributed by atoms with E-state index in [1.54, 1.807) is 7.11 Å². The molecule has 2 aliphatic heterocycles. The number of likely N-dealkylation sites (tertiary alicyclic amines) is 1. The third-order valence-corrected chi connectivity index (χ3v) is 8.46. The van der Waals surface area contributed by atoms with Crippen molar-refractivity contribution in [3.8, 4) is 0 Å². The number of aromatic amines is 1. The predicted molar refractivity (Wildman–Crippen MR) is 123 cm³/mol. The molecule has 0 spiro atoms. The number of hydrogen-bond donors (Lipinski definition) is 1. The summed E-state index contributed by atoms with van der Waals surface area (Å²) >= 11 is 0. The molecule has 0 bridgehead atoms. The molecule has 7 heteroatoms. The third kappa shape index (κ3) is 4.51. The fourth-order valence-electron chi connectivity index (χ4n) is 6.42. The summed E-state index contributed by atoms with van der Waals surface area (Å²) in [5.41, 5.74) is 1.89. The van der Waals surface area contributed by atoms with Crippen molar-refractivity contribution in [1.29, 1.82) is 0 Å². The highest BCUT2D eigenvalue weighted by atomic mass is 16.5. The maximum Gasteiger partial charge on any atom is 0.254 e. The number of methoxy groups -OCH3 is 1. The van der Waals surface area contributed by atoms with Crippen LogP contribution in [0.5, 0.6) is 0 Å². The Labute approximate surface area is 190 Å². The van der Waals surface area contributed by atoms with Gasteiger partial charge in [0.15, 0.2) is 0 Å². The van der Waals surface area contributed by atoms with E-state index in [2.05, 4.69) is 9.88 Å². The van der Waals surface area contributed by atoms with Crippen molar-refractivity contribution in [2.75, 3.05) is 26.7 Å². The van der Waals surface area contributed by atoms with Gasteiger partial charge in [-0.1, -0.05) is 19.3 Å². The second-order valence-corrected chi connectivity index (χ2v) is 10.4. The van der Waals surface area contributed by atoms with E-state index in [9.17, 15) is 9.59 Å². The normalized spacial score (nSPS) is 29.8. The van der Waals surface area contributed by atoms with Gasteiger partial charge in [-0.3, -0.25) is 14.5 Å². The highest BCUT2D eigenvalue weighted by Crippen LogP contribution is 2.32. The van der Waals surface area contributed by atoms with Gasteiger partial charge in [0.1, 0.15) is 5.82 Å². The Bertz CT molecular complexity index is 870. The van der Waals surface area contributed by atoms with Crippen molar-refractivity contribution in [3.05, 3.63) is 27.4 Å². The van der Waals surface area contributed by atoms with E-state index in [0.717, 1.165) is 75.2 Å². The first kappa shape index (κ1) is 22.1. The summed E-state index contributed by atoms with van der Waals surface area (Å²) in [6.07, 6.45) is 12.3. The number of H-pyrrole nitrogens is 1. The van der Waals surface area contributed by atoms with E-state index in [0.29, 0.717) is 18.7 Å². The zero-order valence-electron chi connectivity index (χ0n) is 19.5. The summed E-state index contributed by atoms with van der Waals surface area (Å²) in [6, 6.07) is 0.647. The smallest absolute Gasteiger partial charge is 0.254 e. The quantitative estimate of drug-likeness (QED) is 0.776. The van der Waals surface area contributed by atoms with E-state index < -0.39 is 0 Å². The van der Waals surface area contributed by atoms with Crippen LogP contribution >= 0.6 is 0 Å². The van der Waals surface area contributed by atoms with Gasteiger partial charge >= 0.3 is 0 Å². The standard InChI is InChI=1S/C25H38N4O3/c1-32-20-9-7-17(8-10-20)25(31)29-13-11-18(15-29)23-26-22-16-28(19-5-3-2-4-6-19)14-12-21(22)24(30)27-23/h17-20H,2-16H2,1H3,(H,26,27,30)/t17?,18-,20?/m0/s1. The first-order valence-corrected chi connectivity index (χ1v) is 12.8. The number of rotatable bonds is 4. The Kier molecular flexibility index (Phi) is 6.65. The maximum absolute atomic E-state index is 13.1. The average Bonchev–Trinajstić information content (AvgIpc) is 3.34. The molecule has 5 rings (SSSR count). The molecule has 0 unspecified atom stereocenters. The largest absolute Gasteiger partial charge is 0.381 e. The van der Waals surface area contributed by atoms with Gasteiger partial charge in [0.2, 0.25) is 5.91 Å². The minimum atomic E-state index is 0.0379. The molecule has 2 aliphatic carbocycles. The van der Waals surface area contributed by atoms with Crippen molar-refractivity contribution in [2.45, 2.75) is 95.2 Å². The van der Waals surface area contributed by atoms with Gasteiger partial charge in [-0.05, 0) is 51.4 Å². The molecule has 3 heterocycles. The van der Waals surface area contributed by atoms with E-state index in [-0.39, 0.29) is 23.3 Å². The Morgan fingerprint density at radius 1 is 1.03 bits per heavy atom. The SMILES string of the molecule is COC1CCC(C(=O)N2CC[C@H](c3nc4c(c(=O)[nH]3)CCN(C3CCCCC3)C4)C2)CC1. The lowest BCUT2D eigenvalue weighted by Gasteiger charge is -2.37. The first-order valence-electron chi connectivity index (χ1n) is 12.8. The molecule has 0 aromatic carbocycles. The van der Waals surface area contributed by atoms with Crippen LogP contribution < -0.4 is 5.56 Å². The van der Waals surface area contributed by atoms with Gasteiger partial charge < -0.3 is 14.6 Å². The van der Waals surface area contributed by atoms with Crippen LogP contribution in [-0.4, -0.2) is 64.6 Å². The van der Waals surface area contributed by atoms with Crippen molar-refractivity contribution < 1.29 is 9.53 Å². The van der Waals surface area contributed by atoms with Crippen LogP contribution in [0, 0.1) is 5.92 Å². The molecule has 176 valence electrons. The van der Waals surface area contributed by atoms with Gasteiger partial charge in [0.05, 0.1) is 11.8 Å². The van der Waals surface area contributed by atoms with Crippen LogP contribution in [0.1, 0.15) is 87.2 Å². The molecule has 1 amide bonds. The Morgan fingerprint density at radius 2 is 1.81 bits per heavy atom. The molecule has 1 N–H and O–H groups in total. The summed E-state index contributed by atoms with van der Waals surface area (Å²) in [7, 11) is 1.76. The van der Waals surface area contributed by atoms with Crippen molar-refractivity contribution in [1.82, 2.24) is 19.8 Å². The highest BCUT2D eigenvalue weighted by molar-refractivity contribution is 5.79. The number of amides is 1. The number of carbonyl (C=O) groups is 1.